The summed E-state index contributed by atoms with van der Waals surface area (Å²) in [6.45, 7) is 61.5. The number of allylic oxidation sites excluding steroid dienone is 4. The molecule has 0 aromatic carbocycles. The zero-order valence-corrected chi connectivity index (χ0v) is 52.6. The maximum Gasteiger partial charge on any atom is 0.330 e. The molecule has 0 bridgehead atoms. The van der Waals surface area contributed by atoms with Crippen molar-refractivity contribution >= 4 is 39.2 Å². The molecule has 0 spiro atoms. The van der Waals surface area contributed by atoms with Crippen LogP contribution in [-0.2, 0) is 27.2 Å². The summed E-state index contributed by atoms with van der Waals surface area (Å²) < 4.78 is 34.0. The molecule has 0 aliphatic heterocycles. The molecule has 0 aromatic rings. The van der Waals surface area contributed by atoms with Crippen molar-refractivity contribution in [3.05, 3.63) is 61.3 Å². The zero-order chi connectivity index (χ0) is 52.8. The molecule has 0 aliphatic carbocycles. The first-order valence-corrected chi connectivity index (χ1v) is 37.5. The summed E-state index contributed by atoms with van der Waals surface area (Å²) >= 11 is 0. The largest absolute Gasteiger partial charge is 0.466 e. The Morgan fingerprint density at radius 3 is 1.45 bits per heavy atom. The first-order valence-electron chi connectivity index (χ1n) is 25.9. The van der Waals surface area contributed by atoms with Crippen molar-refractivity contribution in [1.82, 2.24) is 0 Å². The summed E-state index contributed by atoms with van der Waals surface area (Å²) in [4.78, 5) is 11.8. The molecule has 392 valence electrons. The van der Waals surface area contributed by atoms with Gasteiger partial charge in [0.05, 0.1) is 37.6 Å². The molecule has 0 saturated carbocycles. The third-order valence-corrected chi connectivity index (χ3v) is 34.3. The van der Waals surface area contributed by atoms with Gasteiger partial charge in [0.1, 0.15) is 0 Å². The highest BCUT2D eigenvalue weighted by Gasteiger charge is 2.45. The number of hydrogen-bond acceptors (Lipinski definition) is 7. The molecule has 7 nitrogen and oxygen atoms in total. The number of esters is 1. The van der Waals surface area contributed by atoms with Crippen LogP contribution in [0, 0.1) is 29.6 Å². The lowest BCUT2D eigenvalue weighted by Crippen LogP contribution is -2.48. The van der Waals surface area contributed by atoms with Crippen molar-refractivity contribution in [2.24, 2.45) is 29.6 Å². The van der Waals surface area contributed by atoms with E-state index in [1.54, 1.807) is 12.2 Å². The van der Waals surface area contributed by atoms with Gasteiger partial charge in [0, 0.05) is 24.3 Å². The van der Waals surface area contributed by atoms with Gasteiger partial charge in [0.2, 0.25) is 0 Å². The second-order valence-electron chi connectivity index (χ2n) is 26.3. The molecule has 0 rings (SSSR count). The third kappa shape index (κ3) is 22.0. The lowest BCUT2D eigenvalue weighted by atomic mass is 9.85. The number of aliphatic hydroxyl groups excluding tert-OH is 1. The predicted molar refractivity (Wildman–Crippen MR) is 302 cm³/mol. The quantitative estimate of drug-likeness (QED) is 0.0209. The normalized spacial score (nSPS) is 19.1. The lowest BCUT2D eigenvalue weighted by molar-refractivity contribution is -0.134. The minimum Gasteiger partial charge on any atom is -0.466 e. The van der Waals surface area contributed by atoms with Gasteiger partial charge in [-0.05, 0) is 103 Å². The predicted octanol–water partition coefficient (Wildman–Crippen LogP) is 16.6. The Hall–Kier alpha value is -1.16. The monoisotopic (exact) mass is 1010 g/mol. The minimum atomic E-state index is -2.21. The minimum absolute atomic E-state index is 0.00533. The number of carbonyl (C=O) groups excluding carboxylic acids is 1. The van der Waals surface area contributed by atoms with E-state index >= 15 is 0 Å². The summed E-state index contributed by atoms with van der Waals surface area (Å²) in [5, 5.41) is 11.7. The highest BCUT2D eigenvalue weighted by atomic mass is 28.4. The summed E-state index contributed by atoms with van der Waals surface area (Å²) in [5.74, 6) is 0.155. The highest BCUT2D eigenvalue weighted by molar-refractivity contribution is 6.75. The Balaban J connectivity index is 7.08. The van der Waals surface area contributed by atoms with Crippen LogP contribution in [0.1, 0.15) is 150 Å². The Morgan fingerprint density at radius 1 is 0.552 bits per heavy atom. The average molecular weight is 1010 g/mol. The van der Waals surface area contributed by atoms with Gasteiger partial charge in [0.15, 0.2) is 33.3 Å². The van der Waals surface area contributed by atoms with Crippen LogP contribution in [0.3, 0.4) is 0 Å². The Labute approximate surface area is 420 Å². The summed E-state index contributed by atoms with van der Waals surface area (Å²) in [6.07, 6.45) is 21.8. The number of rotatable bonds is 28. The fourth-order valence-corrected chi connectivity index (χ4v) is 12.8. The molecule has 0 aliphatic rings. The number of ether oxygens (including phenoxy) is 1. The molecule has 0 unspecified atom stereocenters. The number of carbonyl (C=O) groups is 1. The Bertz CT molecular complexity index is 1590. The van der Waals surface area contributed by atoms with Gasteiger partial charge in [0.25, 0.3) is 0 Å². The highest BCUT2D eigenvalue weighted by Crippen LogP contribution is 2.44. The molecule has 11 heteroatoms. The SMILES string of the molecule is C=CC=C[C@H](C)[C@H](O)[C@@H](C)[C@@H](CCCC[C@H](C)[C@@H](O[Si](C)(C)C(C)(C)C)[C@@H](C)C=C[C@H](C[C@H](O[Si](C)(C)C(C)(C)C)[C@H](C)C=CC=CC(=O)OC)O[Si](C)(C)C(C)(C)C)O[Si](C)(C)C(C)(C)C. The van der Waals surface area contributed by atoms with E-state index in [9.17, 15) is 9.90 Å². The van der Waals surface area contributed by atoms with Crippen LogP contribution in [0.5, 0.6) is 0 Å². The number of aliphatic hydroxyl groups is 1. The van der Waals surface area contributed by atoms with Crippen LogP contribution in [-0.4, -0.2) is 82.0 Å². The molecule has 0 aromatic heterocycles. The molecule has 0 radical (unpaired) electrons. The Kier molecular flexibility index (Phi) is 26.6. The van der Waals surface area contributed by atoms with Crippen molar-refractivity contribution < 1.29 is 32.3 Å². The summed E-state index contributed by atoms with van der Waals surface area (Å²) in [5.41, 5.74) is 0. The van der Waals surface area contributed by atoms with E-state index in [-0.39, 0.29) is 74.2 Å². The van der Waals surface area contributed by atoms with E-state index in [0.29, 0.717) is 12.3 Å². The van der Waals surface area contributed by atoms with Crippen LogP contribution in [0.4, 0.5) is 0 Å². The smallest absolute Gasteiger partial charge is 0.330 e. The van der Waals surface area contributed by atoms with Crippen LogP contribution in [0.2, 0.25) is 72.5 Å². The molecule has 0 fully saturated rings. The van der Waals surface area contributed by atoms with Gasteiger partial charge >= 0.3 is 5.97 Å². The lowest BCUT2D eigenvalue weighted by Gasteiger charge is -2.43. The van der Waals surface area contributed by atoms with Crippen LogP contribution < -0.4 is 0 Å². The first kappa shape index (κ1) is 65.8. The summed E-state index contributed by atoms with van der Waals surface area (Å²) in [6, 6.07) is 0. The molecule has 1 N–H and O–H groups in total. The van der Waals surface area contributed by atoms with E-state index in [1.807, 2.05) is 18.2 Å². The standard InChI is InChI=1S/C56H110O7Si4/c1-28-29-34-43(3)51(58)46(6)48(61-65(22,23)54(10,11)12)37-32-30-36-44(4)52(63-67(26,27)56(16,17)18)45(5)39-40-47(60-64(20,21)53(7,8)9)41-49(62-66(24,25)55(13,14)15)42(2)35-31-33-38-50(57)59-19/h28-29,31,33-35,38-40,42-49,51-52,58H,1,30,32,36-37,41H2,2-27H3/t42-,43+,44+,45+,46+,47-,48-,49+,51+,52-/m1/s1. The fraction of sp³-hybridized carbons (Fsp3) is 0.804. The van der Waals surface area contributed by atoms with Gasteiger partial charge in [-0.1, -0.05) is 186 Å². The van der Waals surface area contributed by atoms with E-state index in [0.717, 1.165) is 25.7 Å². The van der Waals surface area contributed by atoms with Crippen LogP contribution >= 0.6 is 0 Å². The van der Waals surface area contributed by atoms with E-state index in [2.05, 4.69) is 195 Å². The van der Waals surface area contributed by atoms with E-state index in [1.165, 1.54) is 13.2 Å². The van der Waals surface area contributed by atoms with Crippen molar-refractivity contribution in [2.45, 2.75) is 253 Å². The average Bonchev–Trinajstić information content (AvgIpc) is 3.17. The van der Waals surface area contributed by atoms with Crippen molar-refractivity contribution in [3.8, 4) is 0 Å². The molecule has 67 heavy (non-hydrogen) atoms. The fourth-order valence-electron chi connectivity index (χ4n) is 7.14. The molecule has 10 atom stereocenters. The second-order valence-corrected chi connectivity index (χ2v) is 45.3. The van der Waals surface area contributed by atoms with Crippen molar-refractivity contribution in [1.29, 1.82) is 0 Å². The van der Waals surface area contributed by atoms with E-state index < -0.39 is 39.4 Å². The van der Waals surface area contributed by atoms with Gasteiger partial charge in [-0.3, -0.25) is 0 Å². The molecule has 0 amide bonds. The van der Waals surface area contributed by atoms with Crippen LogP contribution in [0.25, 0.3) is 0 Å². The Morgan fingerprint density at radius 2 is 0.985 bits per heavy atom. The molecular weight excluding hydrogens is 897 g/mol. The van der Waals surface area contributed by atoms with E-state index in [4.69, 9.17) is 22.4 Å². The maximum atomic E-state index is 11.8. The number of methoxy groups -OCH3 is 1. The van der Waals surface area contributed by atoms with Crippen LogP contribution in [0.15, 0.2) is 61.3 Å². The molecular formula is C56H110O7Si4. The molecule has 0 saturated heterocycles. The third-order valence-electron chi connectivity index (χ3n) is 16.3. The number of unbranched alkanes of at least 4 members (excludes halogenated alkanes) is 1. The topological polar surface area (TPSA) is 83.5 Å². The van der Waals surface area contributed by atoms with Gasteiger partial charge < -0.3 is 27.5 Å². The second kappa shape index (κ2) is 27.0. The first-order chi connectivity index (χ1) is 30.1. The van der Waals surface area contributed by atoms with Gasteiger partial charge in [-0.25, -0.2) is 4.79 Å². The summed E-state index contributed by atoms with van der Waals surface area (Å²) in [7, 11) is -7.25. The maximum absolute atomic E-state index is 11.8. The van der Waals surface area contributed by atoms with Gasteiger partial charge in [-0.15, -0.1) is 0 Å². The number of hydrogen-bond donors (Lipinski definition) is 1. The van der Waals surface area contributed by atoms with Gasteiger partial charge in [-0.2, -0.15) is 0 Å². The molecule has 0 heterocycles. The zero-order valence-electron chi connectivity index (χ0n) is 48.6. The van der Waals surface area contributed by atoms with Crippen molar-refractivity contribution in [2.75, 3.05) is 7.11 Å². The van der Waals surface area contributed by atoms with Crippen molar-refractivity contribution in [3.63, 3.8) is 0 Å².